The van der Waals surface area contributed by atoms with Gasteiger partial charge in [0.05, 0.1) is 34.1 Å². The van der Waals surface area contributed by atoms with Crippen LogP contribution in [-0.4, -0.2) is 57.6 Å². The minimum atomic E-state index is -2.24. The number of nitrogens with zero attached hydrogens (tertiary/aromatic N) is 2. The third-order valence-electron chi connectivity index (χ3n) is 8.77. The van der Waals surface area contributed by atoms with Gasteiger partial charge in [0.25, 0.3) is 11.5 Å². The van der Waals surface area contributed by atoms with Gasteiger partial charge >= 0.3 is 0 Å². The molecule has 3 heterocycles. The molecule has 3 aromatic rings. The molecule has 8 nitrogen and oxygen atoms in total. The van der Waals surface area contributed by atoms with E-state index in [1.807, 2.05) is 30.3 Å². The first-order valence-electron chi connectivity index (χ1n) is 13.2. The highest BCUT2D eigenvalue weighted by molar-refractivity contribution is 6.91. The molecule has 1 spiro atoms. The average molecular weight is 549 g/mol. The Morgan fingerprint density at radius 1 is 1.05 bits per heavy atom. The summed E-state index contributed by atoms with van der Waals surface area (Å²) in [6.45, 7) is 6.68. The highest BCUT2D eigenvalue weighted by Gasteiger charge is 2.65. The van der Waals surface area contributed by atoms with Crippen LogP contribution in [0.1, 0.15) is 18.9 Å². The van der Waals surface area contributed by atoms with Crippen LogP contribution in [-0.2, 0) is 15.1 Å². The Balaban J connectivity index is 1.65. The molecule has 5 rings (SSSR count). The quantitative estimate of drug-likeness (QED) is 0.455. The zero-order valence-electron chi connectivity index (χ0n) is 23.3. The van der Waals surface area contributed by atoms with Gasteiger partial charge in [0, 0.05) is 37.0 Å². The van der Waals surface area contributed by atoms with Crippen LogP contribution < -0.4 is 25.1 Å². The number of methoxy groups -OCH3 is 2. The van der Waals surface area contributed by atoms with E-state index in [2.05, 4.69) is 32.2 Å². The Kier molecular flexibility index (Phi) is 6.94. The summed E-state index contributed by atoms with van der Waals surface area (Å²) in [6.07, 6.45) is 1.82. The Bertz CT molecular complexity index is 1450. The van der Waals surface area contributed by atoms with Gasteiger partial charge in [-0.25, -0.2) is 0 Å². The van der Waals surface area contributed by atoms with Crippen molar-refractivity contribution in [1.82, 2.24) is 4.57 Å². The van der Waals surface area contributed by atoms with Crippen LogP contribution in [0.2, 0.25) is 18.6 Å². The van der Waals surface area contributed by atoms with E-state index in [0.717, 1.165) is 17.0 Å². The Labute approximate surface area is 229 Å². The van der Waals surface area contributed by atoms with Gasteiger partial charge in [0.1, 0.15) is 5.75 Å². The monoisotopic (exact) mass is 548 g/mol. The number of carbonyl (C=O) groups is 1. The van der Waals surface area contributed by atoms with Crippen LogP contribution in [0, 0.1) is 5.92 Å². The molecule has 1 saturated heterocycles. The third kappa shape index (κ3) is 4.02. The predicted molar refractivity (Wildman–Crippen MR) is 153 cm³/mol. The smallest absolute Gasteiger partial charge is 0.297 e. The Hall–Kier alpha value is -3.40. The maximum atomic E-state index is 14.1. The number of aliphatic hydroxyl groups excluding tert-OH is 1. The number of likely N-dealkylation sites (N-methyl/N-ethyl adjacent to an activating group) is 1. The van der Waals surface area contributed by atoms with Gasteiger partial charge in [-0.05, 0) is 54.4 Å². The standard InChI is InChI=1S/C30H36N2O6Si/c1-19-27(39(5,6)22-12-10-21(36-3)11-13-22)25(15-17-33)38-30(19)23-18-20(9-14-24(23)31(2)29(30)35)32-16-7-8-26(37-4)28(32)34/h7-14,16,18-19,25,27,33H,15,17H2,1-6H3/t19-,25+,27-,30+/m1/s1. The summed E-state index contributed by atoms with van der Waals surface area (Å²) in [5.74, 6) is 0.739. The molecule has 1 amide bonds. The molecule has 0 saturated carbocycles. The van der Waals surface area contributed by atoms with Crippen LogP contribution in [0.25, 0.3) is 5.69 Å². The fourth-order valence-corrected chi connectivity index (χ4v) is 10.8. The van der Waals surface area contributed by atoms with Crippen molar-refractivity contribution in [1.29, 1.82) is 0 Å². The lowest BCUT2D eigenvalue weighted by Gasteiger charge is -2.37. The van der Waals surface area contributed by atoms with Crippen LogP contribution in [0.5, 0.6) is 11.5 Å². The molecule has 39 heavy (non-hydrogen) atoms. The van der Waals surface area contributed by atoms with Gasteiger partial charge in [-0.15, -0.1) is 0 Å². The van der Waals surface area contributed by atoms with Crippen LogP contribution in [0.15, 0.2) is 65.6 Å². The predicted octanol–water partition coefficient (Wildman–Crippen LogP) is 3.43. The van der Waals surface area contributed by atoms with E-state index in [1.165, 1.54) is 16.9 Å². The second kappa shape index (κ2) is 9.97. The number of benzene rings is 2. The molecular weight excluding hydrogens is 512 g/mol. The second-order valence-corrected chi connectivity index (χ2v) is 15.7. The first-order valence-corrected chi connectivity index (χ1v) is 16.3. The molecule has 4 atom stereocenters. The zero-order chi connectivity index (χ0) is 28.1. The number of rotatable bonds is 7. The normalized spacial score (nSPS) is 24.3. The molecule has 0 aliphatic carbocycles. The number of hydrogen-bond donors (Lipinski definition) is 1. The summed E-state index contributed by atoms with van der Waals surface area (Å²) >= 11 is 0. The van der Waals surface area contributed by atoms with Crippen molar-refractivity contribution in [3.8, 4) is 17.2 Å². The fourth-order valence-electron chi connectivity index (χ4n) is 6.79. The SMILES string of the molecule is COc1ccc([Si](C)(C)[C@H]2[C@H](CCO)O[C@@]3(C(=O)N(C)c4ccc(-n5cccc(OC)c5=O)cc43)[C@@H]2C)cc1. The van der Waals surface area contributed by atoms with E-state index in [9.17, 15) is 14.7 Å². The summed E-state index contributed by atoms with van der Waals surface area (Å²) in [5.41, 5.74) is 0.688. The van der Waals surface area contributed by atoms with Crippen molar-refractivity contribution in [3.63, 3.8) is 0 Å². The lowest BCUT2D eigenvalue weighted by Crippen LogP contribution is -2.51. The lowest BCUT2D eigenvalue weighted by molar-refractivity contribution is -0.145. The van der Waals surface area contributed by atoms with Crippen molar-refractivity contribution in [2.45, 2.75) is 43.7 Å². The van der Waals surface area contributed by atoms with Gasteiger partial charge in [-0.1, -0.05) is 37.3 Å². The van der Waals surface area contributed by atoms with Gasteiger partial charge in [-0.2, -0.15) is 0 Å². The van der Waals surface area contributed by atoms with Crippen LogP contribution in [0.4, 0.5) is 5.69 Å². The number of anilines is 1. The van der Waals surface area contributed by atoms with E-state index in [4.69, 9.17) is 14.2 Å². The Morgan fingerprint density at radius 2 is 1.77 bits per heavy atom. The molecule has 1 N–H and O–H groups in total. The highest BCUT2D eigenvalue weighted by atomic mass is 28.3. The number of amides is 1. The molecular formula is C30H36N2O6Si. The Morgan fingerprint density at radius 3 is 2.41 bits per heavy atom. The summed E-state index contributed by atoms with van der Waals surface area (Å²) < 4.78 is 19.0. The van der Waals surface area contributed by atoms with Gasteiger partial charge in [-0.3, -0.25) is 14.2 Å². The van der Waals surface area contributed by atoms with Crippen LogP contribution in [0.3, 0.4) is 0 Å². The zero-order valence-corrected chi connectivity index (χ0v) is 24.3. The molecule has 2 aliphatic heterocycles. The second-order valence-electron chi connectivity index (χ2n) is 11.0. The molecule has 1 aromatic heterocycles. The number of ether oxygens (including phenoxy) is 3. The van der Waals surface area contributed by atoms with Crippen molar-refractivity contribution < 1.29 is 24.1 Å². The molecule has 2 aliphatic rings. The van der Waals surface area contributed by atoms with E-state index in [0.29, 0.717) is 12.1 Å². The molecule has 206 valence electrons. The van der Waals surface area contributed by atoms with Crippen molar-refractivity contribution >= 4 is 24.9 Å². The summed E-state index contributed by atoms with van der Waals surface area (Å²) in [7, 11) is 2.64. The summed E-state index contributed by atoms with van der Waals surface area (Å²) in [5, 5.41) is 11.3. The van der Waals surface area contributed by atoms with Gasteiger partial charge < -0.3 is 24.2 Å². The van der Waals surface area contributed by atoms with E-state index in [1.54, 1.807) is 37.4 Å². The molecule has 0 unspecified atom stereocenters. The topological polar surface area (TPSA) is 90.2 Å². The van der Waals surface area contributed by atoms with E-state index >= 15 is 0 Å². The molecule has 0 bridgehead atoms. The van der Waals surface area contributed by atoms with Gasteiger partial charge in [0.2, 0.25) is 0 Å². The number of carbonyl (C=O) groups excluding carboxylic acids is 1. The number of hydrogen-bond acceptors (Lipinski definition) is 6. The third-order valence-corrected chi connectivity index (χ3v) is 13.1. The summed E-state index contributed by atoms with van der Waals surface area (Å²) in [4.78, 5) is 28.8. The molecule has 1 fully saturated rings. The minimum Gasteiger partial charge on any atom is -0.497 e. The number of pyridine rings is 1. The van der Waals surface area contributed by atoms with Crippen molar-refractivity contribution in [3.05, 3.63) is 76.7 Å². The maximum Gasteiger partial charge on any atom is 0.297 e. The van der Waals surface area contributed by atoms with Crippen molar-refractivity contribution in [2.75, 3.05) is 32.8 Å². The number of aliphatic hydroxyl groups is 1. The maximum absolute atomic E-state index is 14.1. The van der Waals surface area contributed by atoms with Crippen LogP contribution >= 0.6 is 0 Å². The van der Waals surface area contributed by atoms with E-state index < -0.39 is 13.7 Å². The largest absolute Gasteiger partial charge is 0.497 e. The number of aromatic nitrogens is 1. The van der Waals surface area contributed by atoms with Gasteiger partial charge in [0.15, 0.2) is 11.4 Å². The van der Waals surface area contributed by atoms with Crippen molar-refractivity contribution in [2.24, 2.45) is 5.92 Å². The molecule has 9 heteroatoms. The average Bonchev–Trinajstić information content (AvgIpc) is 3.35. The molecule has 0 radical (unpaired) electrons. The first-order chi connectivity index (χ1) is 18.6. The first kappa shape index (κ1) is 27.2. The van der Waals surface area contributed by atoms with E-state index in [-0.39, 0.29) is 41.4 Å². The number of fused-ring (bicyclic) bond motifs is 2. The highest BCUT2D eigenvalue weighted by Crippen LogP contribution is 2.59. The fraction of sp³-hybridized carbons (Fsp3) is 0.400. The summed E-state index contributed by atoms with van der Waals surface area (Å²) in [6, 6.07) is 17.2. The molecule has 2 aromatic carbocycles. The minimum absolute atomic E-state index is 0.0345. The lowest BCUT2D eigenvalue weighted by atomic mass is 9.82.